The lowest BCUT2D eigenvalue weighted by Crippen LogP contribution is -2.29. The maximum Gasteiger partial charge on any atom is 0.178 e. The number of aromatic nitrogens is 1. The number of rotatable bonds is 8. The van der Waals surface area contributed by atoms with Gasteiger partial charge in [-0.25, -0.2) is 0 Å². The first-order valence-corrected chi connectivity index (χ1v) is 8.02. The minimum absolute atomic E-state index is 0.126. The van der Waals surface area contributed by atoms with Gasteiger partial charge in [0.2, 0.25) is 0 Å². The second-order valence-corrected chi connectivity index (χ2v) is 5.97. The van der Waals surface area contributed by atoms with E-state index in [0.717, 1.165) is 34.9 Å². The lowest BCUT2D eigenvalue weighted by Gasteiger charge is -2.15. The number of hydrogen-bond donors (Lipinski definition) is 0. The molecule has 0 N–H and O–H groups in total. The molecular formula is C19H26N2O3. The van der Waals surface area contributed by atoms with E-state index in [4.69, 9.17) is 9.47 Å². The Bertz CT molecular complexity index is 689. The van der Waals surface area contributed by atoms with Gasteiger partial charge in [-0.15, -0.1) is 0 Å². The summed E-state index contributed by atoms with van der Waals surface area (Å²) < 4.78 is 12.4. The molecule has 0 saturated carbocycles. The quantitative estimate of drug-likeness (QED) is 0.698. The topological polar surface area (TPSA) is 43.7 Å². The number of methoxy groups -OCH3 is 2. The molecule has 0 aliphatic carbocycles. The van der Waals surface area contributed by atoms with Crippen molar-refractivity contribution in [2.24, 2.45) is 0 Å². The van der Waals surface area contributed by atoms with E-state index in [9.17, 15) is 4.79 Å². The molecule has 24 heavy (non-hydrogen) atoms. The number of hydrogen-bond acceptors (Lipinski definition) is 4. The minimum atomic E-state index is 0.126. The molecule has 2 aromatic rings. The number of benzene rings is 1. The molecule has 0 saturated heterocycles. The van der Waals surface area contributed by atoms with Crippen LogP contribution in [0.4, 0.5) is 0 Å². The molecule has 0 aliphatic heterocycles. The highest BCUT2D eigenvalue weighted by atomic mass is 16.5. The Hall–Kier alpha value is -2.11. The SMILES string of the molecule is COCCN(C)CC(=O)c1cc(C)n(-c2ccc(OC)cc2)c1C. The van der Waals surface area contributed by atoms with Gasteiger partial charge in [0.15, 0.2) is 5.78 Å². The second kappa shape index (κ2) is 8.13. The van der Waals surface area contributed by atoms with Crippen LogP contribution in [0.15, 0.2) is 30.3 Å². The summed E-state index contributed by atoms with van der Waals surface area (Å²) in [5.74, 6) is 0.943. The molecule has 2 rings (SSSR count). The molecule has 130 valence electrons. The van der Waals surface area contributed by atoms with Crippen LogP contribution in [-0.2, 0) is 4.74 Å². The average molecular weight is 330 g/mol. The summed E-state index contributed by atoms with van der Waals surface area (Å²) in [5, 5.41) is 0. The second-order valence-electron chi connectivity index (χ2n) is 5.97. The van der Waals surface area contributed by atoms with Crippen molar-refractivity contribution in [3.63, 3.8) is 0 Å². The largest absolute Gasteiger partial charge is 0.497 e. The van der Waals surface area contributed by atoms with Crippen LogP contribution in [0.1, 0.15) is 21.7 Å². The Morgan fingerprint density at radius 2 is 1.83 bits per heavy atom. The molecular weight excluding hydrogens is 304 g/mol. The Morgan fingerprint density at radius 3 is 2.42 bits per heavy atom. The Morgan fingerprint density at radius 1 is 1.17 bits per heavy atom. The van der Waals surface area contributed by atoms with Crippen molar-refractivity contribution < 1.29 is 14.3 Å². The summed E-state index contributed by atoms with van der Waals surface area (Å²) >= 11 is 0. The molecule has 0 unspecified atom stereocenters. The fourth-order valence-electron chi connectivity index (χ4n) is 2.83. The number of ketones is 1. The van der Waals surface area contributed by atoms with E-state index in [0.29, 0.717) is 13.2 Å². The Balaban J connectivity index is 2.23. The molecule has 1 aromatic carbocycles. The van der Waals surface area contributed by atoms with Crippen molar-refractivity contribution in [2.45, 2.75) is 13.8 Å². The van der Waals surface area contributed by atoms with Gasteiger partial charge in [-0.05, 0) is 51.2 Å². The lowest BCUT2D eigenvalue weighted by molar-refractivity contribution is 0.0922. The van der Waals surface area contributed by atoms with Crippen LogP contribution in [0.3, 0.4) is 0 Å². The third-order valence-corrected chi connectivity index (χ3v) is 4.15. The lowest BCUT2D eigenvalue weighted by atomic mass is 10.1. The Kier molecular flexibility index (Phi) is 6.17. The first-order chi connectivity index (χ1) is 11.5. The van der Waals surface area contributed by atoms with Crippen molar-refractivity contribution in [3.05, 3.63) is 47.3 Å². The number of nitrogens with zero attached hydrogens (tertiary/aromatic N) is 2. The van der Waals surface area contributed by atoms with Gasteiger partial charge < -0.3 is 14.0 Å². The number of aryl methyl sites for hydroxylation is 1. The van der Waals surface area contributed by atoms with E-state index >= 15 is 0 Å². The van der Waals surface area contributed by atoms with E-state index in [1.54, 1.807) is 14.2 Å². The fraction of sp³-hybridized carbons (Fsp3) is 0.421. The van der Waals surface area contributed by atoms with Gasteiger partial charge in [-0.1, -0.05) is 0 Å². The third-order valence-electron chi connectivity index (χ3n) is 4.15. The van der Waals surface area contributed by atoms with E-state index in [1.165, 1.54) is 0 Å². The first kappa shape index (κ1) is 18.2. The van der Waals surface area contributed by atoms with Crippen molar-refractivity contribution in [1.82, 2.24) is 9.47 Å². The number of Topliss-reactive ketones (excluding diaryl/α,β-unsaturated/α-hetero) is 1. The van der Waals surface area contributed by atoms with Crippen LogP contribution in [0.25, 0.3) is 5.69 Å². The molecule has 1 aromatic heterocycles. The van der Waals surface area contributed by atoms with Gasteiger partial charge in [-0.3, -0.25) is 9.69 Å². The fourth-order valence-corrected chi connectivity index (χ4v) is 2.83. The summed E-state index contributed by atoms with van der Waals surface area (Å²) in [7, 11) is 5.25. The molecule has 0 bridgehead atoms. The normalized spacial score (nSPS) is 11.1. The Labute approximate surface area is 143 Å². The van der Waals surface area contributed by atoms with Gasteiger partial charge in [0.1, 0.15) is 5.75 Å². The highest BCUT2D eigenvalue weighted by Crippen LogP contribution is 2.23. The standard InChI is InChI=1S/C19H26N2O3/c1-14-12-18(19(22)13-20(3)10-11-23-4)15(2)21(14)16-6-8-17(24-5)9-7-16/h6-9,12H,10-11,13H2,1-5H3. The van der Waals surface area contributed by atoms with Crippen LogP contribution >= 0.6 is 0 Å². The maximum atomic E-state index is 12.6. The maximum absolute atomic E-state index is 12.6. The van der Waals surface area contributed by atoms with Crippen LogP contribution in [0.5, 0.6) is 5.75 Å². The zero-order valence-electron chi connectivity index (χ0n) is 15.1. The van der Waals surface area contributed by atoms with Crippen LogP contribution in [0, 0.1) is 13.8 Å². The molecule has 1 heterocycles. The number of carbonyl (C=O) groups excluding carboxylic acids is 1. The molecule has 0 spiro atoms. The molecule has 0 amide bonds. The van der Waals surface area contributed by atoms with E-state index in [2.05, 4.69) is 4.57 Å². The van der Waals surface area contributed by atoms with Gasteiger partial charge in [-0.2, -0.15) is 0 Å². The monoisotopic (exact) mass is 330 g/mol. The van der Waals surface area contributed by atoms with Crippen LogP contribution in [-0.4, -0.2) is 56.2 Å². The zero-order valence-corrected chi connectivity index (χ0v) is 15.1. The molecule has 5 heteroatoms. The average Bonchev–Trinajstić information content (AvgIpc) is 2.87. The number of likely N-dealkylation sites (N-methyl/N-ethyl adjacent to an activating group) is 1. The summed E-state index contributed by atoms with van der Waals surface area (Å²) in [6, 6.07) is 9.81. The molecule has 0 fully saturated rings. The molecule has 0 atom stereocenters. The smallest absolute Gasteiger partial charge is 0.178 e. The summed E-state index contributed by atoms with van der Waals surface area (Å²) in [6.45, 7) is 5.74. The zero-order chi connectivity index (χ0) is 17.7. The summed E-state index contributed by atoms with van der Waals surface area (Å²) in [5.41, 5.74) is 3.80. The number of carbonyl (C=O) groups is 1. The van der Waals surface area contributed by atoms with Crippen LogP contribution in [0.2, 0.25) is 0 Å². The summed E-state index contributed by atoms with van der Waals surface area (Å²) in [4.78, 5) is 14.6. The highest BCUT2D eigenvalue weighted by molar-refractivity contribution is 5.99. The molecule has 0 radical (unpaired) electrons. The number of ether oxygens (including phenoxy) is 2. The predicted octanol–water partition coefficient (Wildman–Crippen LogP) is 2.86. The van der Waals surface area contributed by atoms with Gasteiger partial charge >= 0.3 is 0 Å². The highest BCUT2D eigenvalue weighted by Gasteiger charge is 2.17. The molecule has 0 aliphatic rings. The van der Waals surface area contributed by atoms with E-state index in [-0.39, 0.29) is 5.78 Å². The van der Waals surface area contributed by atoms with Crippen molar-refractivity contribution in [3.8, 4) is 11.4 Å². The van der Waals surface area contributed by atoms with Gasteiger partial charge in [0.05, 0.1) is 20.3 Å². The van der Waals surface area contributed by atoms with Crippen LogP contribution < -0.4 is 4.74 Å². The third kappa shape index (κ3) is 4.04. The van der Waals surface area contributed by atoms with E-state index in [1.807, 2.05) is 56.1 Å². The van der Waals surface area contributed by atoms with Crippen molar-refractivity contribution in [2.75, 3.05) is 41.0 Å². The van der Waals surface area contributed by atoms with Crippen molar-refractivity contribution >= 4 is 5.78 Å². The van der Waals surface area contributed by atoms with Gasteiger partial charge in [0.25, 0.3) is 0 Å². The summed E-state index contributed by atoms with van der Waals surface area (Å²) in [6.07, 6.45) is 0. The predicted molar refractivity (Wildman–Crippen MR) is 95.5 cm³/mol. The minimum Gasteiger partial charge on any atom is -0.497 e. The first-order valence-electron chi connectivity index (χ1n) is 8.02. The van der Waals surface area contributed by atoms with Gasteiger partial charge in [0, 0.05) is 36.3 Å². The van der Waals surface area contributed by atoms with E-state index < -0.39 is 0 Å². The van der Waals surface area contributed by atoms with Crippen molar-refractivity contribution in [1.29, 1.82) is 0 Å². The molecule has 5 nitrogen and oxygen atoms in total.